The van der Waals surface area contributed by atoms with E-state index in [4.69, 9.17) is 15.5 Å². The second-order valence-electron chi connectivity index (χ2n) is 10.2. The Labute approximate surface area is 207 Å². The molecular formula is C26H38FN7O. The van der Waals surface area contributed by atoms with Crippen LogP contribution >= 0.6 is 0 Å². The maximum Gasteiger partial charge on any atom is 0.236 e. The molecular weight excluding hydrogens is 445 g/mol. The van der Waals surface area contributed by atoms with Gasteiger partial charge in [0.15, 0.2) is 11.6 Å². The van der Waals surface area contributed by atoms with Crippen LogP contribution in [0.25, 0.3) is 0 Å². The Morgan fingerprint density at radius 1 is 1.09 bits per heavy atom. The van der Waals surface area contributed by atoms with Crippen molar-refractivity contribution in [3.63, 3.8) is 0 Å². The summed E-state index contributed by atoms with van der Waals surface area (Å²) < 4.78 is 20.7. The minimum absolute atomic E-state index is 0.143. The maximum absolute atomic E-state index is 15.0. The summed E-state index contributed by atoms with van der Waals surface area (Å²) in [5.74, 6) is 1.66. The number of nitrogens with two attached hydrogens (primary N) is 1. The van der Waals surface area contributed by atoms with Crippen LogP contribution in [0.1, 0.15) is 64.7 Å². The van der Waals surface area contributed by atoms with Crippen molar-refractivity contribution < 1.29 is 9.13 Å². The van der Waals surface area contributed by atoms with Gasteiger partial charge in [0.05, 0.1) is 6.10 Å². The van der Waals surface area contributed by atoms with Crippen molar-refractivity contribution in [3.05, 3.63) is 24.0 Å². The molecule has 35 heavy (non-hydrogen) atoms. The van der Waals surface area contributed by atoms with Crippen molar-refractivity contribution in [2.24, 2.45) is 5.92 Å². The lowest BCUT2D eigenvalue weighted by atomic mass is 9.89. The fourth-order valence-electron chi connectivity index (χ4n) is 5.36. The van der Waals surface area contributed by atoms with Crippen LogP contribution in [0.5, 0.6) is 5.75 Å². The van der Waals surface area contributed by atoms with Gasteiger partial charge in [-0.2, -0.15) is 15.0 Å². The summed E-state index contributed by atoms with van der Waals surface area (Å²) in [4.78, 5) is 18.0. The van der Waals surface area contributed by atoms with Crippen LogP contribution in [-0.2, 0) is 0 Å². The number of likely N-dealkylation sites (tertiary alicyclic amines) is 1. The average molecular weight is 484 g/mol. The third-order valence-electron chi connectivity index (χ3n) is 7.50. The number of nitrogens with zero attached hydrogens (tertiary/aromatic N) is 5. The van der Waals surface area contributed by atoms with E-state index in [1.807, 2.05) is 11.0 Å². The molecule has 9 heteroatoms. The molecule has 3 aliphatic rings. The van der Waals surface area contributed by atoms with Crippen molar-refractivity contribution in [1.29, 1.82) is 0 Å². The summed E-state index contributed by atoms with van der Waals surface area (Å²) in [6.07, 6.45) is 10.7. The van der Waals surface area contributed by atoms with Gasteiger partial charge in [0.2, 0.25) is 17.8 Å². The number of hydrogen-bond donors (Lipinski definition) is 2. The molecule has 3 fully saturated rings. The van der Waals surface area contributed by atoms with E-state index in [9.17, 15) is 0 Å². The fourth-order valence-corrected chi connectivity index (χ4v) is 5.36. The van der Waals surface area contributed by atoms with Crippen molar-refractivity contribution in [1.82, 2.24) is 19.9 Å². The zero-order valence-electron chi connectivity index (χ0n) is 20.8. The number of anilines is 4. The first kappa shape index (κ1) is 24.0. The van der Waals surface area contributed by atoms with Gasteiger partial charge >= 0.3 is 0 Å². The Morgan fingerprint density at radius 3 is 2.66 bits per heavy atom. The number of likely N-dealkylation sites (N-methyl/N-ethyl adjacent to an activating group) is 1. The van der Waals surface area contributed by atoms with Gasteiger partial charge in [-0.1, -0.05) is 26.2 Å². The van der Waals surface area contributed by atoms with E-state index in [0.717, 1.165) is 45.3 Å². The highest BCUT2D eigenvalue weighted by Crippen LogP contribution is 2.33. The molecule has 1 aromatic carbocycles. The minimum Gasteiger partial charge on any atom is -0.487 e. The molecule has 0 amide bonds. The van der Waals surface area contributed by atoms with E-state index < -0.39 is 0 Å². The van der Waals surface area contributed by atoms with Crippen molar-refractivity contribution in [2.45, 2.75) is 76.9 Å². The van der Waals surface area contributed by atoms with Gasteiger partial charge in [-0.15, -0.1) is 0 Å². The van der Waals surface area contributed by atoms with E-state index in [1.165, 1.54) is 38.2 Å². The average Bonchev–Trinajstić information content (AvgIpc) is 3.57. The predicted molar refractivity (Wildman–Crippen MR) is 137 cm³/mol. The Hall–Kier alpha value is -2.68. The van der Waals surface area contributed by atoms with E-state index in [-0.39, 0.29) is 17.9 Å². The lowest BCUT2D eigenvalue weighted by Crippen LogP contribution is -2.39. The summed E-state index contributed by atoms with van der Waals surface area (Å²) in [5, 5.41) is 3.39. The second kappa shape index (κ2) is 10.9. The summed E-state index contributed by atoms with van der Waals surface area (Å²) in [7, 11) is 0. The van der Waals surface area contributed by atoms with Crippen molar-refractivity contribution in [3.8, 4) is 5.75 Å². The molecule has 1 saturated heterocycles. The molecule has 190 valence electrons. The number of nitrogen functional groups attached to an aromatic ring is 1. The van der Waals surface area contributed by atoms with Gasteiger partial charge in [0, 0.05) is 30.9 Å². The van der Waals surface area contributed by atoms with Crippen LogP contribution in [0.4, 0.5) is 27.9 Å². The summed E-state index contributed by atoms with van der Waals surface area (Å²) >= 11 is 0. The van der Waals surface area contributed by atoms with Gasteiger partial charge in [0.1, 0.15) is 0 Å². The first-order valence-electron chi connectivity index (χ1n) is 13.3. The lowest BCUT2D eigenvalue weighted by Gasteiger charge is -2.31. The zero-order valence-corrected chi connectivity index (χ0v) is 20.8. The van der Waals surface area contributed by atoms with Gasteiger partial charge in [0.25, 0.3) is 0 Å². The number of hydrogen-bond acceptors (Lipinski definition) is 8. The zero-order chi connectivity index (χ0) is 24.2. The third kappa shape index (κ3) is 6.12. The molecule has 0 spiro atoms. The van der Waals surface area contributed by atoms with Crippen LogP contribution in [0.15, 0.2) is 18.2 Å². The number of rotatable bonds is 10. The molecule has 3 N–H and O–H groups in total. The van der Waals surface area contributed by atoms with Gasteiger partial charge in [-0.25, -0.2) is 4.39 Å². The Balaban J connectivity index is 1.40. The number of aromatic nitrogens is 3. The smallest absolute Gasteiger partial charge is 0.236 e. The molecule has 8 nitrogen and oxygen atoms in total. The van der Waals surface area contributed by atoms with Crippen molar-refractivity contribution in [2.75, 3.05) is 42.1 Å². The third-order valence-corrected chi connectivity index (χ3v) is 7.50. The molecule has 2 aliphatic carbocycles. The SMILES string of the molecule is CCN1CCCC1CN(c1ccc(OC2CC2)c(F)c1)c1nc(N)nc(NCC2CCCCC2)n1. The molecule has 0 radical (unpaired) electrons. The highest BCUT2D eigenvalue weighted by atomic mass is 19.1. The Bertz CT molecular complexity index is 996. The molecule has 5 rings (SSSR count). The molecule has 2 heterocycles. The van der Waals surface area contributed by atoms with Crippen LogP contribution in [0.2, 0.25) is 0 Å². The van der Waals surface area contributed by atoms with Crippen LogP contribution in [0.3, 0.4) is 0 Å². The summed E-state index contributed by atoms with van der Waals surface area (Å²) in [5.41, 5.74) is 6.82. The van der Waals surface area contributed by atoms with Crippen LogP contribution in [0, 0.1) is 11.7 Å². The molecule has 1 atom stereocenters. The van der Waals surface area contributed by atoms with Gasteiger partial charge < -0.3 is 20.7 Å². The summed E-state index contributed by atoms with van der Waals surface area (Å²) in [6, 6.07) is 5.47. The van der Waals surface area contributed by atoms with Crippen LogP contribution in [-0.4, -0.2) is 58.2 Å². The topological polar surface area (TPSA) is 92.4 Å². The quantitative estimate of drug-likeness (QED) is 0.500. The highest BCUT2D eigenvalue weighted by Gasteiger charge is 2.29. The van der Waals surface area contributed by atoms with Crippen LogP contribution < -0.4 is 20.7 Å². The number of halogens is 1. The lowest BCUT2D eigenvalue weighted by molar-refractivity contribution is 0.271. The Kier molecular flexibility index (Phi) is 7.51. The fraction of sp³-hybridized carbons (Fsp3) is 0.654. The van der Waals surface area contributed by atoms with Gasteiger partial charge in [-0.05, 0) is 69.7 Å². The largest absolute Gasteiger partial charge is 0.487 e. The molecule has 0 bridgehead atoms. The number of nitrogens with one attached hydrogen (secondary N) is 1. The monoisotopic (exact) mass is 483 g/mol. The predicted octanol–water partition coefficient (Wildman–Crippen LogP) is 4.75. The molecule has 1 aliphatic heterocycles. The highest BCUT2D eigenvalue weighted by molar-refractivity contribution is 5.60. The molecule has 1 aromatic heterocycles. The first-order valence-corrected chi connectivity index (χ1v) is 13.3. The minimum atomic E-state index is -0.365. The van der Waals surface area contributed by atoms with E-state index in [0.29, 0.717) is 41.8 Å². The summed E-state index contributed by atoms with van der Waals surface area (Å²) in [6.45, 7) is 5.72. The van der Waals surface area contributed by atoms with E-state index >= 15 is 4.39 Å². The first-order chi connectivity index (χ1) is 17.1. The standard InChI is InChI=1S/C26H38FN7O/c1-2-33-14-6-9-20(33)17-34(19-10-13-23(22(27)15-19)35-21-11-12-21)26-31-24(28)30-25(32-26)29-16-18-7-4-3-5-8-18/h10,13,15,18,20-21H,2-9,11-12,14,16-17H2,1H3,(H3,28,29,30,31,32). The Morgan fingerprint density at radius 2 is 1.91 bits per heavy atom. The molecule has 2 saturated carbocycles. The molecule has 2 aromatic rings. The normalized spacial score (nSPS) is 21.3. The number of benzene rings is 1. The van der Waals surface area contributed by atoms with Crippen molar-refractivity contribution >= 4 is 23.5 Å². The van der Waals surface area contributed by atoms with E-state index in [2.05, 4.69) is 27.1 Å². The van der Waals surface area contributed by atoms with E-state index in [1.54, 1.807) is 6.07 Å². The number of ether oxygens (including phenoxy) is 1. The van der Waals surface area contributed by atoms with Gasteiger partial charge in [-0.3, -0.25) is 4.90 Å². The molecule has 1 unspecified atom stereocenters. The second-order valence-corrected chi connectivity index (χ2v) is 10.2. The maximum atomic E-state index is 15.0.